The van der Waals surface area contributed by atoms with Gasteiger partial charge in [0.1, 0.15) is 0 Å². The lowest BCUT2D eigenvalue weighted by atomic mass is 10.0. The van der Waals surface area contributed by atoms with Crippen LogP contribution in [0.2, 0.25) is 0 Å². The first kappa shape index (κ1) is 14.3. The molecule has 0 atom stereocenters. The molecule has 2 aromatic carbocycles. The minimum Gasteiger partial charge on any atom is -0.356 e. The zero-order valence-electron chi connectivity index (χ0n) is 12.7. The molecule has 0 fully saturated rings. The van der Waals surface area contributed by atoms with E-state index in [0.29, 0.717) is 12.8 Å². The Morgan fingerprint density at radius 2 is 1.14 bits per heavy atom. The van der Waals surface area contributed by atoms with Crippen LogP contribution >= 0.6 is 0 Å². The molecule has 0 N–H and O–H groups in total. The molecule has 0 saturated heterocycles. The maximum Gasteiger partial charge on any atom is 0.188 e. The molecule has 0 aliphatic heterocycles. The standard InChI is InChI=1S/C20H19NO/c1-21-14-18(12-16-8-4-2-5-9-16)20(22)19(15-21)13-17-10-6-3-7-11-17/h2-11,14-15H,12-13H2,1H3. The van der Waals surface area contributed by atoms with Crippen LogP contribution < -0.4 is 5.43 Å². The Labute approximate surface area is 130 Å². The smallest absolute Gasteiger partial charge is 0.188 e. The summed E-state index contributed by atoms with van der Waals surface area (Å²) in [5, 5.41) is 0. The Kier molecular flexibility index (Phi) is 4.19. The highest BCUT2D eigenvalue weighted by molar-refractivity contribution is 5.30. The van der Waals surface area contributed by atoms with E-state index in [1.165, 1.54) is 0 Å². The molecular weight excluding hydrogens is 270 g/mol. The number of aromatic nitrogens is 1. The summed E-state index contributed by atoms with van der Waals surface area (Å²) in [7, 11) is 1.97. The van der Waals surface area contributed by atoms with Crippen molar-refractivity contribution in [3.8, 4) is 0 Å². The van der Waals surface area contributed by atoms with E-state index in [4.69, 9.17) is 0 Å². The van der Waals surface area contributed by atoms with Crippen LogP contribution in [0.4, 0.5) is 0 Å². The van der Waals surface area contributed by atoms with Crippen molar-refractivity contribution in [1.29, 1.82) is 0 Å². The molecule has 0 bridgehead atoms. The lowest BCUT2D eigenvalue weighted by molar-refractivity contribution is 0.858. The van der Waals surface area contributed by atoms with Crippen LogP contribution in [0.25, 0.3) is 0 Å². The van der Waals surface area contributed by atoms with Gasteiger partial charge in [-0.2, -0.15) is 0 Å². The highest BCUT2D eigenvalue weighted by atomic mass is 16.1. The first-order valence-corrected chi connectivity index (χ1v) is 7.48. The SMILES string of the molecule is Cn1cc(Cc2ccccc2)c(=O)c(Cc2ccccc2)c1. The van der Waals surface area contributed by atoms with Crippen molar-refractivity contribution in [2.24, 2.45) is 7.05 Å². The number of rotatable bonds is 4. The van der Waals surface area contributed by atoms with Gasteiger partial charge < -0.3 is 4.57 Å². The Morgan fingerprint density at radius 1 is 0.727 bits per heavy atom. The second-order valence-electron chi connectivity index (χ2n) is 5.63. The van der Waals surface area contributed by atoms with Gasteiger partial charge in [0.25, 0.3) is 0 Å². The molecule has 2 nitrogen and oxygen atoms in total. The predicted octanol–water partition coefficient (Wildman–Crippen LogP) is 3.57. The molecule has 0 spiro atoms. The van der Waals surface area contributed by atoms with Crippen molar-refractivity contribution in [2.75, 3.05) is 0 Å². The fourth-order valence-electron chi connectivity index (χ4n) is 2.74. The number of hydrogen-bond donors (Lipinski definition) is 0. The van der Waals surface area contributed by atoms with Gasteiger partial charge in [0.05, 0.1) is 0 Å². The zero-order chi connectivity index (χ0) is 15.4. The van der Waals surface area contributed by atoms with Crippen molar-refractivity contribution >= 4 is 0 Å². The molecule has 1 aromatic heterocycles. The number of pyridine rings is 1. The third-order valence-electron chi connectivity index (χ3n) is 3.78. The number of aryl methyl sites for hydroxylation is 1. The summed E-state index contributed by atoms with van der Waals surface area (Å²) in [5.41, 5.74) is 4.18. The maximum atomic E-state index is 12.7. The summed E-state index contributed by atoms with van der Waals surface area (Å²) in [6.07, 6.45) is 5.22. The van der Waals surface area contributed by atoms with Gasteiger partial charge in [-0.05, 0) is 11.1 Å². The Balaban J connectivity index is 1.94. The molecule has 3 rings (SSSR count). The first-order valence-electron chi connectivity index (χ1n) is 7.48. The zero-order valence-corrected chi connectivity index (χ0v) is 12.7. The molecule has 110 valence electrons. The molecule has 0 amide bonds. The van der Waals surface area contributed by atoms with Gasteiger partial charge in [0.2, 0.25) is 0 Å². The second kappa shape index (κ2) is 6.44. The molecular formula is C20H19NO. The maximum absolute atomic E-state index is 12.7. The second-order valence-corrected chi connectivity index (χ2v) is 5.63. The quantitative estimate of drug-likeness (QED) is 0.719. The third kappa shape index (κ3) is 3.34. The Hall–Kier alpha value is -2.61. The van der Waals surface area contributed by atoms with Gasteiger partial charge in [-0.15, -0.1) is 0 Å². The summed E-state index contributed by atoms with van der Waals surface area (Å²) in [6, 6.07) is 20.3. The first-order chi connectivity index (χ1) is 10.7. The lowest BCUT2D eigenvalue weighted by Gasteiger charge is -2.09. The van der Waals surface area contributed by atoms with E-state index in [1.807, 2.05) is 60.4 Å². The van der Waals surface area contributed by atoms with Crippen LogP contribution in [0, 0.1) is 0 Å². The highest BCUT2D eigenvalue weighted by Gasteiger charge is 2.08. The number of benzene rings is 2. The van der Waals surface area contributed by atoms with Gasteiger partial charge in [0.15, 0.2) is 5.43 Å². The van der Waals surface area contributed by atoms with E-state index >= 15 is 0 Å². The average molecular weight is 289 g/mol. The lowest BCUT2D eigenvalue weighted by Crippen LogP contribution is -2.18. The van der Waals surface area contributed by atoms with Crippen molar-refractivity contribution in [3.63, 3.8) is 0 Å². The van der Waals surface area contributed by atoms with Gasteiger partial charge in [0, 0.05) is 43.4 Å². The van der Waals surface area contributed by atoms with Gasteiger partial charge in [-0.3, -0.25) is 4.79 Å². The highest BCUT2D eigenvalue weighted by Crippen LogP contribution is 2.10. The molecule has 1 heterocycles. The largest absolute Gasteiger partial charge is 0.356 e. The normalized spacial score (nSPS) is 10.6. The van der Waals surface area contributed by atoms with E-state index in [9.17, 15) is 4.79 Å². The molecule has 22 heavy (non-hydrogen) atoms. The minimum atomic E-state index is 0.158. The fraction of sp³-hybridized carbons (Fsp3) is 0.150. The minimum absolute atomic E-state index is 0.158. The molecule has 0 unspecified atom stereocenters. The number of nitrogens with zero attached hydrogens (tertiary/aromatic N) is 1. The molecule has 3 aromatic rings. The fourth-order valence-corrected chi connectivity index (χ4v) is 2.74. The van der Waals surface area contributed by atoms with E-state index in [-0.39, 0.29) is 5.43 Å². The van der Waals surface area contributed by atoms with Crippen LogP contribution in [0.3, 0.4) is 0 Å². The summed E-state index contributed by atoms with van der Waals surface area (Å²) in [6.45, 7) is 0. The van der Waals surface area contributed by atoms with Crippen molar-refractivity contribution in [3.05, 3.63) is 106 Å². The molecule has 0 saturated carbocycles. The van der Waals surface area contributed by atoms with Crippen LogP contribution in [0.15, 0.2) is 77.9 Å². The summed E-state index contributed by atoms with van der Waals surface area (Å²) in [5.74, 6) is 0. The van der Waals surface area contributed by atoms with E-state index in [1.54, 1.807) is 0 Å². The van der Waals surface area contributed by atoms with Crippen molar-refractivity contribution < 1.29 is 0 Å². The van der Waals surface area contributed by atoms with Crippen molar-refractivity contribution in [1.82, 2.24) is 4.57 Å². The molecule has 0 aliphatic carbocycles. The Bertz CT molecular complexity index is 738. The predicted molar refractivity (Wildman–Crippen MR) is 90.2 cm³/mol. The van der Waals surface area contributed by atoms with Crippen LogP contribution in [-0.2, 0) is 19.9 Å². The topological polar surface area (TPSA) is 22.0 Å². The monoisotopic (exact) mass is 289 g/mol. The van der Waals surface area contributed by atoms with Crippen LogP contribution in [-0.4, -0.2) is 4.57 Å². The Morgan fingerprint density at radius 3 is 1.55 bits per heavy atom. The van der Waals surface area contributed by atoms with Gasteiger partial charge in [-0.1, -0.05) is 60.7 Å². The van der Waals surface area contributed by atoms with Crippen molar-refractivity contribution in [2.45, 2.75) is 12.8 Å². The van der Waals surface area contributed by atoms with Crippen LogP contribution in [0.5, 0.6) is 0 Å². The van der Waals surface area contributed by atoms with Gasteiger partial charge in [-0.25, -0.2) is 0 Å². The summed E-state index contributed by atoms with van der Waals surface area (Å²) < 4.78 is 1.98. The van der Waals surface area contributed by atoms with E-state index in [0.717, 1.165) is 22.3 Å². The molecule has 0 radical (unpaired) electrons. The number of hydrogen-bond acceptors (Lipinski definition) is 1. The molecule has 2 heteroatoms. The van der Waals surface area contributed by atoms with E-state index < -0.39 is 0 Å². The summed E-state index contributed by atoms with van der Waals surface area (Å²) in [4.78, 5) is 12.7. The van der Waals surface area contributed by atoms with Crippen LogP contribution in [0.1, 0.15) is 22.3 Å². The summed E-state index contributed by atoms with van der Waals surface area (Å²) >= 11 is 0. The molecule has 0 aliphatic rings. The average Bonchev–Trinajstić information content (AvgIpc) is 2.54. The van der Waals surface area contributed by atoms with E-state index in [2.05, 4.69) is 24.3 Å². The van der Waals surface area contributed by atoms with Gasteiger partial charge >= 0.3 is 0 Å². The third-order valence-corrected chi connectivity index (χ3v) is 3.78.